The lowest BCUT2D eigenvalue weighted by atomic mass is 10.1. The molecule has 5 nitrogen and oxygen atoms in total. The summed E-state index contributed by atoms with van der Waals surface area (Å²) in [5, 5.41) is 3.17. The molecule has 0 amide bonds. The molecule has 0 fully saturated rings. The highest BCUT2D eigenvalue weighted by molar-refractivity contribution is 5.92. The Morgan fingerprint density at radius 2 is 1.85 bits per heavy atom. The van der Waals surface area contributed by atoms with Crippen molar-refractivity contribution in [2.24, 2.45) is 10.7 Å². The SMILES string of the molecule is COCc1ccccc1NC(N)=NCCC(C)N(C)Cc1ccccc1. The van der Waals surface area contributed by atoms with Crippen LogP contribution in [-0.2, 0) is 17.9 Å². The van der Waals surface area contributed by atoms with E-state index >= 15 is 0 Å². The summed E-state index contributed by atoms with van der Waals surface area (Å²) >= 11 is 0. The van der Waals surface area contributed by atoms with Gasteiger partial charge in [0.05, 0.1) is 6.61 Å². The van der Waals surface area contributed by atoms with E-state index < -0.39 is 0 Å². The van der Waals surface area contributed by atoms with E-state index in [1.807, 2.05) is 30.3 Å². The first-order valence-electron chi connectivity index (χ1n) is 8.98. The number of nitrogens with zero attached hydrogens (tertiary/aromatic N) is 2. The Morgan fingerprint density at radius 1 is 1.15 bits per heavy atom. The molecule has 0 bridgehead atoms. The topological polar surface area (TPSA) is 62.9 Å². The maximum absolute atomic E-state index is 6.04. The van der Waals surface area contributed by atoms with Crippen LogP contribution in [0.15, 0.2) is 59.6 Å². The largest absolute Gasteiger partial charge is 0.380 e. The van der Waals surface area contributed by atoms with Crippen LogP contribution in [0.2, 0.25) is 0 Å². The number of rotatable bonds is 9. The number of aliphatic imine (C=N–C) groups is 1. The normalized spacial score (nSPS) is 13.0. The second-order valence-electron chi connectivity index (χ2n) is 6.52. The predicted octanol–water partition coefficient (Wildman–Crippen LogP) is 3.47. The molecule has 0 saturated heterocycles. The van der Waals surface area contributed by atoms with Gasteiger partial charge in [0.1, 0.15) is 0 Å². The molecule has 3 N–H and O–H groups in total. The van der Waals surface area contributed by atoms with Crippen molar-refractivity contribution in [3.63, 3.8) is 0 Å². The van der Waals surface area contributed by atoms with Gasteiger partial charge >= 0.3 is 0 Å². The number of guanidine groups is 1. The summed E-state index contributed by atoms with van der Waals surface area (Å²) in [4.78, 5) is 6.80. The van der Waals surface area contributed by atoms with Crippen LogP contribution in [0.5, 0.6) is 0 Å². The zero-order chi connectivity index (χ0) is 18.8. The molecular formula is C21H30N4O. The van der Waals surface area contributed by atoms with Gasteiger partial charge in [-0.1, -0.05) is 48.5 Å². The molecule has 2 aromatic rings. The summed E-state index contributed by atoms with van der Waals surface area (Å²) in [6, 6.07) is 18.9. The highest BCUT2D eigenvalue weighted by atomic mass is 16.5. The maximum Gasteiger partial charge on any atom is 0.193 e. The molecule has 0 radical (unpaired) electrons. The van der Waals surface area contributed by atoms with E-state index in [4.69, 9.17) is 10.5 Å². The van der Waals surface area contributed by atoms with Crippen molar-refractivity contribution in [3.8, 4) is 0 Å². The number of anilines is 1. The van der Waals surface area contributed by atoms with E-state index in [0.717, 1.165) is 24.2 Å². The molecule has 140 valence electrons. The first-order chi connectivity index (χ1) is 12.6. The van der Waals surface area contributed by atoms with Crippen molar-refractivity contribution < 1.29 is 4.74 Å². The third-order valence-corrected chi connectivity index (χ3v) is 4.44. The third-order valence-electron chi connectivity index (χ3n) is 4.44. The standard InChI is InChI=1S/C21H30N4O/c1-17(25(2)15-18-9-5-4-6-10-18)13-14-23-21(22)24-20-12-8-7-11-19(20)16-26-3/h4-12,17H,13-16H2,1-3H3,(H3,22,23,24). The van der Waals surface area contributed by atoms with E-state index in [9.17, 15) is 0 Å². The summed E-state index contributed by atoms with van der Waals surface area (Å²) < 4.78 is 5.21. The van der Waals surface area contributed by atoms with Gasteiger partial charge < -0.3 is 15.8 Å². The van der Waals surface area contributed by atoms with E-state index in [2.05, 4.69) is 53.4 Å². The summed E-state index contributed by atoms with van der Waals surface area (Å²) in [7, 11) is 3.82. The molecule has 0 aliphatic rings. The van der Waals surface area contributed by atoms with Gasteiger partial charge in [-0.25, -0.2) is 0 Å². The van der Waals surface area contributed by atoms with Gasteiger partial charge in [-0.15, -0.1) is 0 Å². The van der Waals surface area contributed by atoms with Gasteiger partial charge in [-0.3, -0.25) is 9.89 Å². The molecule has 1 atom stereocenters. The van der Waals surface area contributed by atoms with Crippen LogP contribution in [0.3, 0.4) is 0 Å². The van der Waals surface area contributed by atoms with Crippen LogP contribution < -0.4 is 11.1 Å². The van der Waals surface area contributed by atoms with Crippen molar-refractivity contribution in [2.45, 2.75) is 32.5 Å². The minimum atomic E-state index is 0.424. The van der Waals surface area contributed by atoms with Crippen molar-refractivity contribution in [3.05, 3.63) is 65.7 Å². The Bertz CT molecular complexity index is 687. The lowest BCUT2D eigenvalue weighted by Crippen LogP contribution is -2.30. The fraction of sp³-hybridized carbons (Fsp3) is 0.381. The number of nitrogens with two attached hydrogens (primary N) is 1. The summed E-state index contributed by atoms with van der Waals surface area (Å²) in [6.45, 7) is 4.38. The highest BCUT2D eigenvalue weighted by Crippen LogP contribution is 2.15. The molecule has 5 heteroatoms. The van der Waals surface area contributed by atoms with Gasteiger partial charge in [0.25, 0.3) is 0 Å². The summed E-state index contributed by atoms with van der Waals surface area (Å²) in [6.07, 6.45) is 0.950. The van der Waals surface area contributed by atoms with Gasteiger partial charge in [0, 0.05) is 37.5 Å². The smallest absolute Gasteiger partial charge is 0.193 e. The van der Waals surface area contributed by atoms with Crippen LogP contribution in [-0.4, -0.2) is 37.6 Å². The van der Waals surface area contributed by atoms with E-state index in [0.29, 0.717) is 25.2 Å². The molecule has 0 aliphatic heterocycles. The molecule has 0 heterocycles. The second kappa shape index (κ2) is 10.6. The Hall–Kier alpha value is -2.37. The molecule has 2 rings (SSSR count). The minimum absolute atomic E-state index is 0.424. The number of methoxy groups -OCH3 is 1. The van der Waals surface area contributed by atoms with Crippen molar-refractivity contribution in [2.75, 3.05) is 26.0 Å². The number of ether oxygens (including phenoxy) is 1. The quantitative estimate of drug-likeness (QED) is 0.535. The van der Waals surface area contributed by atoms with Crippen LogP contribution in [0, 0.1) is 0 Å². The van der Waals surface area contributed by atoms with E-state index in [1.54, 1.807) is 7.11 Å². The maximum atomic E-state index is 6.04. The van der Waals surface area contributed by atoms with Crippen LogP contribution in [0.1, 0.15) is 24.5 Å². The molecule has 0 spiro atoms. The molecule has 26 heavy (non-hydrogen) atoms. The number of nitrogens with one attached hydrogen (secondary N) is 1. The van der Waals surface area contributed by atoms with Crippen molar-refractivity contribution >= 4 is 11.6 Å². The number of hydrogen-bond donors (Lipinski definition) is 2. The monoisotopic (exact) mass is 354 g/mol. The highest BCUT2D eigenvalue weighted by Gasteiger charge is 2.09. The Balaban J connectivity index is 1.81. The second-order valence-corrected chi connectivity index (χ2v) is 6.52. The third kappa shape index (κ3) is 6.50. The fourth-order valence-electron chi connectivity index (χ4n) is 2.72. The van der Waals surface area contributed by atoms with Crippen LogP contribution >= 0.6 is 0 Å². The molecule has 0 aliphatic carbocycles. The fourth-order valence-corrected chi connectivity index (χ4v) is 2.72. The Morgan fingerprint density at radius 3 is 2.58 bits per heavy atom. The number of para-hydroxylation sites is 1. The Kier molecular flexibility index (Phi) is 8.12. The van der Waals surface area contributed by atoms with Gasteiger partial charge in [-0.2, -0.15) is 0 Å². The first-order valence-corrected chi connectivity index (χ1v) is 8.98. The van der Waals surface area contributed by atoms with Crippen molar-refractivity contribution in [1.29, 1.82) is 0 Å². The zero-order valence-corrected chi connectivity index (χ0v) is 16.0. The predicted molar refractivity (Wildman–Crippen MR) is 109 cm³/mol. The lowest BCUT2D eigenvalue weighted by molar-refractivity contribution is 0.185. The van der Waals surface area contributed by atoms with Gasteiger partial charge in [0.15, 0.2) is 5.96 Å². The molecule has 2 aromatic carbocycles. The average Bonchev–Trinajstić information content (AvgIpc) is 2.64. The molecule has 0 aromatic heterocycles. The number of benzene rings is 2. The van der Waals surface area contributed by atoms with Crippen LogP contribution in [0.25, 0.3) is 0 Å². The summed E-state index contributed by atoms with van der Waals surface area (Å²) in [5.41, 5.74) is 9.36. The van der Waals surface area contributed by atoms with Crippen LogP contribution in [0.4, 0.5) is 5.69 Å². The van der Waals surface area contributed by atoms with Gasteiger partial charge in [0.2, 0.25) is 0 Å². The number of hydrogen-bond acceptors (Lipinski definition) is 3. The molecule has 1 unspecified atom stereocenters. The molecule has 0 saturated carbocycles. The Labute approximate surface area is 156 Å². The lowest BCUT2D eigenvalue weighted by Gasteiger charge is -2.24. The van der Waals surface area contributed by atoms with E-state index in [1.165, 1.54) is 5.56 Å². The summed E-state index contributed by atoms with van der Waals surface area (Å²) in [5.74, 6) is 0.437. The minimum Gasteiger partial charge on any atom is -0.380 e. The van der Waals surface area contributed by atoms with E-state index in [-0.39, 0.29) is 0 Å². The molecular weight excluding hydrogens is 324 g/mol. The van der Waals surface area contributed by atoms with Gasteiger partial charge in [-0.05, 0) is 32.0 Å². The first kappa shape index (κ1) is 19.9. The average molecular weight is 354 g/mol. The zero-order valence-electron chi connectivity index (χ0n) is 16.0. The van der Waals surface area contributed by atoms with Crippen molar-refractivity contribution in [1.82, 2.24) is 4.90 Å².